The van der Waals surface area contributed by atoms with Crippen molar-refractivity contribution in [3.8, 4) is 5.75 Å². The Morgan fingerprint density at radius 3 is 2.92 bits per heavy atom. The number of nitrogens with zero attached hydrogens (tertiary/aromatic N) is 4. The molecule has 6 rings (SSSR count). The summed E-state index contributed by atoms with van der Waals surface area (Å²) in [6, 6.07) is 19.0. The van der Waals surface area contributed by atoms with Crippen molar-refractivity contribution in [2.75, 3.05) is 20.2 Å². The predicted molar refractivity (Wildman–Crippen MR) is 153 cm³/mol. The average Bonchev–Trinajstić information content (AvgIpc) is 3.58. The Labute approximate surface area is 230 Å². The first-order valence-corrected chi connectivity index (χ1v) is 14.3. The molecule has 2 aromatic heterocycles. The Bertz CT molecular complexity index is 1440. The van der Waals surface area contributed by atoms with Crippen LogP contribution in [-0.4, -0.2) is 57.1 Å². The fraction of sp³-hybridized carbons (Fsp3) is 0.406. The number of hydrogen-bond acceptors (Lipinski definition) is 5. The number of H-pyrrole nitrogens is 1. The number of aromatic nitrogens is 3. The monoisotopic (exact) mass is 523 g/mol. The van der Waals surface area contributed by atoms with Gasteiger partial charge in [0.2, 0.25) is 0 Å². The molecule has 2 aliphatic rings. The van der Waals surface area contributed by atoms with Crippen molar-refractivity contribution in [3.63, 3.8) is 0 Å². The molecule has 0 saturated carbocycles. The molecule has 1 aliphatic heterocycles. The Hall–Kier alpha value is -3.71. The van der Waals surface area contributed by atoms with E-state index in [1.54, 1.807) is 0 Å². The summed E-state index contributed by atoms with van der Waals surface area (Å²) in [6.45, 7) is 3.04. The summed E-state index contributed by atoms with van der Waals surface area (Å²) in [7, 11) is 2.14. The van der Waals surface area contributed by atoms with Crippen molar-refractivity contribution in [1.29, 1.82) is 0 Å². The van der Waals surface area contributed by atoms with E-state index in [-0.39, 0.29) is 11.9 Å². The third kappa shape index (κ3) is 5.69. The Kier molecular flexibility index (Phi) is 7.59. The third-order valence-electron chi connectivity index (χ3n) is 8.12. The molecule has 202 valence electrons. The van der Waals surface area contributed by atoms with E-state index in [1.807, 2.05) is 18.3 Å². The molecule has 1 atom stereocenters. The number of aryl methyl sites for hydroxylation is 1. The molecule has 7 nitrogen and oxygen atoms in total. The summed E-state index contributed by atoms with van der Waals surface area (Å²) in [4.78, 5) is 22.4. The Morgan fingerprint density at radius 1 is 1.08 bits per heavy atom. The van der Waals surface area contributed by atoms with Gasteiger partial charge in [-0.2, -0.15) is 5.10 Å². The van der Waals surface area contributed by atoms with Crippen molar-refractivity contribution >= 4 is 16.8 Å². The molecule has 0 bridgehead atoms. The lowest BCUT2D eigenvalue weighted by Crippen LogP contribution is -2.44. The summed E-state index contributed by atoms with van der Waals surface area (Å²) in [5.74, 6) is 0.970. The van der Waals surface area contributed by atoms with Gasteiger partial charge < -0.3 is 9.64 Å². The molecule has 4 aromatic rings. The summed E-state index contributed by atoms with van der Waals surface area (Å²) in [6.07, 6.45) is 8.99. The van der Waals surface area contributed by atoms with Crippen LogP contribution in [0.5, 0.6) is 5.75 Å². The number of para-hydroxylation sites is 1. The third-order valence-corrected chi connectivity index (χ3v) is 8.12. The van der Waals surface area contributed by atoms with Crippen LogP contribution in [0.25, 0.3) is 10.9 Å². The van der Waals surface area contributed by atoms with Crippen molar-refractivity contribution in [2.45, 2.75) is 64.1 Å². The highest BCUT2D eigenvalue weighted by Gasteiger charge is 2.32. The first-order chi connectivity index (χ1) is 19.2. The number of ether oxygens (including phenoxy) is 1. The minimum absolute atomic E-state index is 0.0885. The zero-order valence-electron chi connectivity index (χ0n) is 22.7. The highest BCUT2D eigenvalue weighted by Crippen LogP contribution is 2.28. The van der Waals surface area contributed by atoms with E-state index in [1.165, 1.54) is 16.5 Å². The highest BCUT2D eigenvalue weighted by atomic mass is 16.5. The molecule has 39 heavy (non-hydrogen) atoms. The van der Waals surface area contributed by atoms with Gasteiger partial charge in [0.15, 0.2) is 5.69 Å². The normalized spacial score (nSPS) is 17.1. The van der Waals surface area contributed by atoms with Crippen molar-refractivity contribution in [3.05, 3.63) is 88.9 Å². The number of hydrogen-bond donors (Lipinski definition) is 1. The number of piperidine rings is 1. The average molecular weight is 524 g/mol. The van der Waals surface area contributed by atoms with Gasteiger partial charge in [-0.1, -0.05) is 36.4 Å². The lowest BCUT2D eigenvalue weighted by molar-refractivity contribution is 0.0573. The van der Waals surface area contributed by atoms with E-state index in [0.29, 0.717) is 12.3 Å². The SMILES string of the molecule is CN(Cc1cccc(OCC[C@H]2CCCCN2C(=O)c2n[nH]c3c2CCC3)c1)Cc1cccc2cccnc12. The van der Waals surface area contributed by atoms with E-state index in [9.17, 15) is 4.79 Å². The van der Waals surface area contributed by atoms with Crippen LogP contribution in [0.4, 0.5) is 0 Å². The van der Waals surface area contributed by atoms with E-state index in [0.717, 1.165) is 87.1 Å². The Balaban J connectivity index is 1.04. The maximum Gasteiger partial charge on any atom is 0.274 e. The number of rotatable bonds is 9. The molecule has 1 saturated heterocycles. The smallest absolute Gasteiger partial charge is 0.274 e. The van der Waals surface area contributed by atoms with Crippen LogP contribution < -0.4 is 4.74 Å². The minimum atomic E-state index is 0.0885. The lowest BCUT2D eigenvalue weighted by Gasteiger charge is -2.35. The molecule has 1 aliphatic carbocycles. The molecule has 7 heteroatoms. The largest absolute Gasteiger partial charge is 0.494 e. The van der Waals surface area contributed by atoms with Crippen LogP contribution >= 0.6 is 0 Å². The zero-order valence-corrected chi connectivity index (χ0v) is 22.7. The molecular weight excluding hydrogens is 486 g/mol. The van der Waals surface area contributed by atoms with Gasteiger partial charge in [-0.05, 0) is 74.9 Å². The summed E-state index contributed by atoms with van der Waals surface area (Å²) < 4.78 is 6.21. The van der Waals surface area contributed by atoms with Crippen LogP contribution in [0.15, 0.2) is 60.8 Å². The molecule has 1 fully saturated rings. The second-order valence-electron chi connectivity index (χ2n) is 11.0. The second-order valence-corrected chi connectivity index (χ2v) is 11.0. The van der Waals surface area contributed by atoms with Crippen LogP contribution in [0.2, 0.25) is 0 Å². The van der Waals surface area contributed by atoms with Crippen molar-refractivity contribution in [2.24, 2.45) is 0 Å². The van der Waals surface area contributed by atoms with E-state index in [4.69, 9.17) is 4.74 Å². The van der Waals surface area contributed by atoms with Crippen LogP contribution in [0, 0.1) is 0 Å². The van der Waals surface area contributed by atoms with Gasteiger partial charge in [0.05, 0.1) is 12.1 Å². The molecule has 2 aromatic carbocycles. The second kappa shape index (κ2) is 11.6. The van der Waals surface area contributed by atoms with Crippen molar-refractivity contribution in [1.82, 2.24) is 25.0 Å². The zero-order chi connectivity index (χ0) is 26.6. The van der Waals surface area contributed by atoms with E-state index >= 15 is 0 Å². The van der Waals surface area contributed by atoms with Gasteiger partial charge in [-0.25, -0.2) is 0 Å². The van der Waals surface area contributed by atoms with E-state index in [2.05, 4.69) is 74.5 Å². The summed E-state index contributed by atoms with van der Waals surface area (Å²) in [5.41, 5.74) is 6.44. The van der Waals surface area contributed by atoms with Gasteiger partial charge >= 0.3 is 0 Å². The van der Waals surface area contributed by atoms with Gasteiger partial charge in [0, 0.05) is 54.9 Å². The predicted octanol–water partition coefficient (Wildman–Crippen LogP) is 5.54. The first kappa shape index (κ1) is 25.6. The standard InChI is InChI=1S/C32H37N5O2/c1-36(22-25-10-5-9-24-11-7-17-33-30(24)25)21-23-8-4-13-27(20-23)39-19-16-26-12-2-3-18-37(26)32(38)31-28-14-6-15-29(28)34-35-31/h4-5,7-11,13,17,20,26H,2-3,6,12,14-16,18-19,21-22H2,1H3,(H,34,35)/t26-/m1/s1. The summed E-state index contributed by atoms with van der Waals surface area (Å²) >= 11 is 0. The van der Waals surface area contributed by atoms with Gasteiger partial charge in [-0.15, -0.1) is 0 Å². The van der Waals surface area contributed by atoms with Crippen LogP contribution in [-0.2, 0) is 25.9 Å². The van der Waals surface area contributed by atoms with Crippen LogP contribution in [0.1, 0.15) is 65.0 Å². The quantitative estimate of drug-likeness (QED) is 0.312. The molecule has 0 spiro atoms. The number of amides is 1. The molecule has 0 radical (unpaired) electrons. The number of nitrogens with one attached hydrogen (secondary N) is 1. The molecule has 1 amide bonds. The van der Waals surface area contributed by atoms with Gasteiger partial charge in [0.1, 0.15) is 5.75 Å². The number of benzene rings is 2. The molecular formula is C32H37N5O2. The number of carbonyl (C=O) groups is 1. The van der Waals surface area contributed by atoms with Gasteiger partial charge in [-0.3, -0.25) is 19.8 Å². The van der Waals surface area contributed by atoms with Crippen LogP contribution in [0.3, 0.4) is 0 Å². The lowest BCUT2D eigenvalue weighted by atomic mass is 9.98. The fourth-order valence-electron chi connectivity index (χ4n) is 6.20. The number of pyridine rings is 1. The molecule has 1 N–H and O–H groups in total. The van der Waals surface area contributed by atoms with E-state index < -0.39 is 0 Å². The summed E-state index contributed by atoms with van der Waals surface area (Å²) in [5, 5.41) is 8.66. The van der Waals surface area contributed by atoms with Crippen molar-refractivity contribution < 1.29 is 9.53 Å². The first-order valence-electron chi connectivity index (χ1n) is 14.3. The van der Waals surface area contributed by atoms with Gasteiger partial charge in [0.25, 0.3) is 5.91 Å². The molecule has 3 heterocycles. The number of carbonyl (C=O) groups excluding carboxylic acids is 1. The maximum absolute atomic E-state index is 13.4. The fourth-order valence-corrected chi connectivity index (χ4v) is 6.20. The number of aromatic amines is 1. The molecule has 0 unspecified atom stereocenters. The Morgan fingerprint density at radius 2 is 1.97 bits per heavy atom. The number of likely N-dealkylation sites (tertiary alicyclic amines) is 1. The highest BCUT2D eigenvalue weighted by molar-refractivity contribution is 5.94. The maximum atomic E-state index is 13.4. The topological polar surface area (TPSA) is 74.3 Å². The number of fused-ring (bicyclic) bond motifs is 2. The minimum Gasteiger partial charge on any atom is -0.494 e.